The molecule has 0 spiro atoms. The van der Waals surface area contributed by atoms with Crippen molar-refractivity contribution in [2.75, 3.05) is 19.5 Å². The Kier molecular flexibility index (Phi) is 4.29. The lowest BCUT2D eigenvalue weighted by Crippen LogP contribution is -2.00. The van der Waals surface area contributed by atoms with Crippen molar-refractivity contribution in [1.82, 2.24) is 0 Å². The second kappa shape index (κ2) is 6.14. The molecular weight excluding hydrogens is 238 g/mol. The van der Waals surface area contributed by atoms with Crippen LogP contribution in [0, 0.1) is 6.92 Å². The van der Waals surface area contributed by atoms with Crippen molar-refractivity contribution >= 4 is 5.69 Å². The number of hydrogen-bond acceptors (Lipinski definition) is 3. The van der Waals surface area contributed by atoms with Gasteiger partial charge in [0.05, 0.1) is 14.2 Å². The van der Waals surface area contributed by atoms with E-state index in [1.165, 1.54) is 5.56 Å². The first-order chi connectivity index (χ1) is 9.22. The Hall–Kier alpha value is -2.16. The van der Waals surface area contributed by atoms with Crippen LogP contribution in [0.15, 0.2) is 42.5 Å². The van der Waals surface area contributed by atoms with E-state index < -0.39 is 0 Å². The molecule has 0 radical (unpaired) electrons. The average Bonchev–Trinajstić information content (AvgIpc) is 2.45. The highest BCUT2D eigenvalue weighted by Gasteiger charge is 2.00. The van der Waals surface area contributed by atoms with Gasteiger partial charge in [-0.3, -0.25) is 0 Å². The molecule has 0 aliphatic heterocycles. The van der Waals surface area contributed by atoms with E-state index in [-0.39, 0.29) is 0 Å². The van der Waals surface area contributed by atoms with Crippen LogP contribution in [-0.2, 0) is 6.54 Å². The number of benzene rings is 2. The molecule has 0 atom stereocenters. The van der Waals surface area contributed by atoms with Crippen molar-refractivity contribution in [1.29, 1.82) is 0 Å². The van der Waals surface area contributed by atoms with Crippen LogP contribution in [0.5, 0.6) is 11.5 Å². The molecule has 0 saturated heterocycles. The van der Waals surface area contributed by atoms with Gasteiger partial charge < -0.3 is 14.8 Å². The topological polar surface area (TPSA) is 30.5 Å². The van der Waals surface area contributed by atoms with E-state index >= 15 is 0 Å². The smallest absolute Gasteiger partial charge is 0.121 e. The van der Waals surface area contributed by atoms with Crippen molar-refractivity contribution in [3.05, 3.63) is 53.6 Å². The van der Waals surface area contributed by atoms with E-state index in [1.54, 1.807) is 14.2 Å². The van der Waals surface area contributed by atoms with Gasteiger partial charge in [-0.2, -0.15) is 0 Å². The third-order valence-electron chi connectivity index (χ3n) is 3.03. The normalized spacial score (nSPS) is 10.1. The maximum Gasteiger partial charge on any atom is 0.121 e. The Balaban J connectivity index is 2.03. The largest absolute Gasteiger partial charge is 0.497 e. The maximum atomic E-state index is 5.26. The van der Waals surface area contributed by atoms with E-state index in [0.29, 0.717) is 0 Å². The Labute approximate surface area is 114 Å². The molecule has 2 rings (SSSR count). The highest BCUT2D eigenvalue weighted by atomic mass is 16.5. The van der Waals surface area contributed by atoms with Crippen molar-refractivity contribution in [2.45, 2.75) is 13.5 Å². The van der Waals surface area contributed by atoms with Gasteiger partial charge >= 0.3 is 0 Å². The summed E-state index contributed by atoms with van der Waals surface area (Å²) >= 11 is 0. The molecule has 0 unspecified atom stereocenters. The van der Waals surface area contributed by atoms with E-state index in [0.717, 1.165) is 29.3 Å². The van der Waals surface area contributed by atoms with Gasteiger partial charge in [-0.25, -0.2) is 0 Å². The van der Waals surface area contributed by atoms with Crippen molar-refractivity contribution in [3.63, 3.8) is 0 Å². The average molecular weight is 257 g/mol. The zero-order chi connectivity index (χ0) is 13.7. The van der Waals surface area contributed by atoms with Crippen LogP contribution in [0.3, 0.4) is 0 Å². The SMILES string of the molecule is COc1cccc(NCc2ccc(OC)c(C)c2)c1. The minimum atomic E-state index is 0.776. The Bertz CT molecular complexity index is 552. The lowest BCUT2D eigenvalue weighted by Gasteiger charge is -2.10. The standard InChI is InChI=1S/C16H19NO2/c1-12-9-13(7-8-16(12)19-3)11-17-14-5-4-6-15(10-14)18-2/h4-10,17H,11H2,1-3H3. The zero-order valence-electron chi connectivity index (χ0n) is 11.6. The number of ether oxygens (including phenoxy) is 2. The first-order valence-corrected chi connectivity index (χ1v) is 6.24. The van der Waals surface area contributed by atoms with Crippen molar-refractivity contribution in [2.24, 2.45) is 0 Å². The van der Waals surface area contributed by atoms with E-state index in [2.05, 4.69) is 17.4 Å². The fourth-order valence-corrected chi connectivity index (χ4v) is 1.99. The summed E-state index contributed by atoms with van der Waals surface area (Å²) in [6.07, 6.45) is 0. The maximum absolute atomic E-state index is 5.26. The van der Waals surface area contributed by atoms with Gasteiger partial charge in [0, 0.05) is 18.3 Å². The summed E-state index contributed by atoms with van der Waals surface area (Å²) in [4.78, 5) is 0. The second-order valence-electron chi connectivity index (χ2n) is 4.39. The molecule has 0 aliphatic carbocycles. The summed E-state index contributed by atoms with van der Waals surface area (Å²) < 4.78 is 10.5. The number of aryl methyl sites for hydroxylation is 1. The molecule has 2 aromatic carbocycles. The molecule has 0 aliphatic rings. The summed E-state index contributed by atoms with van der Waals surface area (Å²) in [7, 11) is 3.36. The van der Waals surface area contributed by atoms with Gasteiger partial charge in [0.15, 0.2) is 0 Å². The number of nitrogens with one attached hydrogen (secondary N) is 1. The first kappa shape index (κ1) is 13.3. The minimum Gasteiger partial charge on any atom is -0.497 e. The van der Waals surface area contributed by atoms with Crippen LogP contribution in [0.2, 0.25) is 0 Å². The molecule has 0 saturated carbocycles. The van der Waals surface area contributed by atoms with E-state index in [9.17, 15) is 0 Å². The summed E-state index contributed by atoms with van der Waals surface area (Å²) in [5, 5.41) is 3.38. The van der Waals surface area contributed by atoms with Crippen LogP contribution >= 0.6 is 0 Å². The molecule has 100 valence electrons. The molecule has 2 aromatic rings. The highest BCUT2D eigenvalue weighted by Crippen LogP contribution is 2.20. The van der Waals surface area contributed by atoms with Crippen LogP contribution in [0.1, 0.15) is 11.1 Å². The Morgan fingerprint density at radius 3 is 2.53 bits per heavy atom. The predicted octanol–water partition coefficient (Wildman–Crippen LogP) is 3.62. The minimum absolute atomic E-state index is 0.776. The number of anilines is 1. The molecule has 0 bridgehead atoms. The predicted molar refractivity (Wildman–Crippen MR) is 78.1 cm³/mol. The second-order valence-corrected chi connectivity index (χ2v) is 4.39. The van der Waals surface area contributed by atoms with Crippen LogP contribution in [0.25, 0.3) is 0 Å². The number of hydrogen-bond donors (Lipinski definition) is 1. The molecule has 0 amide bonds. The molecule has 0 fully saturated rings. The van der Waals surface area contributed by atoms with Gasteiger partial charge in [-0.05, 0) is 36.2 Å². The quantitative estimate of drug-likeness (QED) is 0.887. The van der Waals surface area contributed by atoms with E-state index in [1.807, 2.05) is 37.3 Å². The van der Waals surface area contributed by atoms with E-state index in [4.69, 9.17) is 9.47 Å². The lowest BCUT2D eigenvalue weighted by molar-refractivity contribution is 0.411. The third-order valence-corrected chi connectivity index (χ3v) is 3.03. The van der Waals surface area contributed by atoms with Crippen molar-refractivity contribution in [3.8, 4) is 11.5 Å². The van der Waals surface area contributed by atoms with Crippen LogP contribution in [-0.4, -0.2) is 14.2 Å². The fourth-order valence-electron chi connectivity index (χ4n) is 1.99. The Morgan fingerprint density at radius 2 is 1.84 bits per heavy atom. The summed E-state index contributed by atoms with van der Waals surface area (Å²) in [6, 6.07) is 14.1. The lowest BCUT2D eigenvalue weighted by atomic mass is 10.1. The van der Waals surface area contributed by atoms with Gasteiger partial charge in [0.2, 0.25) is 0 Å². The van der Waals surface area contributed by atoms with Crippen LogP contribution in [0.4, 0.5) is 5.69 Å². The summed E-state index contributed by atoms with van der Waals surface area (Å²) in [5.74, 6) is 1.78. The van der Waals surface area contributed by atoms with Crippen LogP contribution < -0.4 is 14.8 Å². The third kappa shape index (κ3) is 3.41. The molecule has 19 heavy (non-hydrogen) atoms. The Morgan fingerprint density at radius 1 is 1.00 bits per heavy atom. The first-order valence-electron chi connectivity index (χ1n) is 6.24. The zero-order valence-corrected chi connectivity index (χ0v) is 11.6. The highest BCUT2D eigenvalue weighted by molar-refractivity contribution is 5.49. The number of methoxy groups -OCH3 is 2. The molecule has 1 N–H and O–H groups in total. The molecular formula is C16H19NO2. The molecule has 3 heteroatoms. The molecule has 0 aromatic heterocycles. The number of rotatable bonds is 5. The van der Waals surface area contributed by atoms with Gasteiger partial charge in [0.25, 0.3) is 0 Å². The van der Waals surface area contributed by atoms with Crippen molar-refractivity contribution < 1.29 is 9.47 Å². The van der Waals surface area contributed by atoms with Gasteiger partial charge in [-0.15, -0.1) is 0 Å². The summed E-state index contributed by atoms with van der Waals surface area (Å²) in [6.45, 7) is 2.83. The van der Waals surface area contributed by atoms with Gasteiger partial charge in [0.1, 0.15) is 11.5 Å². The molecule has 3 nitrogen and oxygen atoms in total. The molecule has 0 heterocycles. The monoisotopic (exact) mass is 257 g/mol. The fraction of sp³-hybridized carbons (Fsp3) is 0.250. The summed E-state index contributed by atoms with van der Waals surface area (Å²) in [5.41, 5.74) is 3.42. The van der Waals surface area contributed by atoms with Gasteiger partial charge in [-0.1, -0.05) is 18.2 Å².